The van der Waals surface area contributed by atoms with E-state index in [-0.39, 0.29) is 6.54 Å². The normalized spacial score (nSPS) is 10.6. The molecule has 1 heterocycles. The molecular formula is C11H15NO5. The van der Waals surface area contributed by atoms with Crippen molar-refractivity contribution >= 4 is 11.9 Å². The van der Waals surface area contributed by atoms with Crippen molar-refractivity contribution in [1.29, 1.82) is 0 Å². The summed E-state index contributed by atoms with van der Waals surface area (Å²) in [5.74, 6) is -0.371. The third-order valence-electron chi connectivity index (χ3n) is 2.21. The predicted octanol–water partition coefficient (Wildman–Crippen LogP) is 0.891. The van der Waals surface area contributed by atoms with Crippen LogP contribution in [0, 0.1) is 6.92 Å². The number of carbonyl (C=O) groups is 2. The molecule has 1 aromatic rings. The van der Waals surface area contributed by atoms with Crippen LogP contribution in [-0.2, 0) is 16.1 Å². The summed E-state index contributed by atoms with van der Waals surface area (Å²) >= 11 is 0. The molecule has 0 aliphatic carbocycles. The van der Waals surface area contributed by atoms with Gasteiger partial charge in [0.25, 0.3) is 0 Å². The number of aliphatic carboxylic acids is 1. The van der Waals surface area contributed by atoms with Gasteiger partial charge in [0.15, 0.2) is 0 Å². The molecule has 0 radical (unpaired) electrons. The van der Waals surface area contributed by atoms with E-state index in [1.54, 1.807) is 24.9 Å². The number of esters is 1. The molecule has 0 saturated heterocycles. The maximum Gasteiger partial charge on any atom is 0.341 e. The van der Waals surface area contributed by atoms with E-state index in [1.807, 2.05) is 0 Å². The van der Waals surface area contributed by atoms with E-state index < -0.39 is 11.9 Å². The van der Waals surface area contributed by atoms with E-state index in [9.17, 15) is 9.59 Å². The molecule has 1 rings (SSSR count). The van der Waals surface area contributed by atoms with Gasteiger partial charge < -0.3 is 14.3 Å². The molecule has 0 aromatic carbocycles. The van der Waals surface area contributed by atoms with Crippen LogP contribution in [0.4, 0.5) is 0 Å². The molecule has 0 atom stereocenters. The Morgan fingerprint density at radius 3 is 2.71 bits per heavy atom. The van der Waals surface area contributed by atoms with Gasteiger partial charge >= 0.3 is 11.9 Å². The monoisotopic (exact) mass is 241 g/mol. The minimum absolute atomic E-state index is 0.0900. The summed E-state index contributed by atoms with van der Waals surface area (Å²) in [5.41, 5.74) is 0.367. The second kappa shape index (κ2) is 5.49. The summed E-state index contributed by atoms with van der Waals surface area (Å²) in [6.45, 7) is 1.89. The maximum atomic E-state index is 11.3. The number of methoxy groups -OCH3 is 1. The highest BCUT2D eigenvalue weighted by Gasteiger charge is 2.16. The van der Waals surface area contributed by atoms with Crippen molar-refractivity contribution in [1.82, 2.24) is 4.90 Å². The number of carboxylic acid groups (broad SMARTS) is 1. The molecule has 6 heteroatoms. The van der Waals surface area contributed by atoms with Crippen LogP contribution >= 0.6 is 0 Å². The molecule has 0 aliphatic rings. The zero-order valence-electron chi connectivity index (χ0n) is 10.0. The van der Waals surface area contributed by atoms with Gasteiger partial charge in [-0.05, 0) is 20.0 Å². The van der Waals surface area contributed by atoms with E-state index in [2.05, 4.69) is 4.74 Å². The number of ether oxygens (including phenoxy) is 1. The van der Waals surface area contributed by atoms with Gasteiger partial charge in [-0.25, -0.2) is 4.79 Å². The third-order valence-corrected chi connectivity index (χ3v) is 2.21. The number of hydrogen-bond donors (Lipinski definition) is 1. The summed E-state index contributed by atoms with van der Waals surface area (Å²) in [6.07, 6.45) is 0. The summed E-state index contributed by atoms with van der Waals surface area (Å²) in [6, 6.07) is 1.57. The molecule has 6 nitrogen and oxygen atoms in total. The molecule has 0 amide bonds. The SMILES string of the molecule is COC(=O)c1cc(CN(C)CC(=O)O)oc1C. The first-order chi connectivity index (χ1) is 7.93. The molecule has 0 spiro atoms. The van der Waals surface area contributed by atoms with Gasteiger partial charge in [-0.2, -0.15) is 0 Å². The number of likely N-dealkylation sites (N-methyl/N-ethyl adjacent to an activating group) is 1. The molecule has 0 saturated carbocycles. The van der Waals surface area contributed by atoms with Gasteiger partial charge in [0, 0.05) is 0 Å². The molecule has 0 fully saturated rings. The fourth-order valence-electron chi connectivity index (χ4n) is 1.49. The van der Waals surface area contributed by atoms with Crippen LogP contribution in [0.5, 0.6) is 0 Å². The Hall–Kier alpha value is -1.82. The minimum atomic E-state index is -0.913. The Kier molecular flexibility index (Phi) is 4.28. The predicted molar refractivity (Wildman–Crippen MR) is 58.8 cm³/mol. The lowest BCUT2D eigenvalue weighted by Crippen LogP contribution is -2.24. The van der Waals surface area contributed by atoms with E-state index in [0.717, 1.165) is 0 Å². The molecule has 94 valence electrons. The smallest absolute Gasteiger partial charge is 0.341 e. The van der Waals surface area contributed by atoms with Gasteiger partial charge in [0.2, 0.25) is 0 Å². The molecule has 17 heavy (non-hydrogen) atoms. The second-order valence-corrected chi connectivity index (χ2v) is 3.74. The molecule has 0 bridgehead atoms. The van der Waals surface area contributed by atoms with Crippen molar-refractivity contribution in [3.63, 3.8) is 0 Å². The Morgan fingerprint density at radius 2 is 2.18 bits per heavy atom. The second-order valence-electron chi connectivity index (χ2n) is 3.74. The first kappa shape index (κ1) is 13.2. The Balaban J connectivity index is 2.73. The topological polar surface area (TPSA) is 80.0 Å². The van der Waals surface area contributed by atoms with Crippen molar-refractivity contribution in [2.24, 2.45) is 0 Å². The van der Waals surface area contributed by atoms with Gasteiger partial charge in [-0.1, -0.05) is 0 Å². The quantitative estimate of drug-likeness (QED) is 0.771. The fraction of sp³-hybridized carbons (Fsp3) is 0.455. The van der Waals surface area contributed by atoms with E-state index in [0.29, 0.717) is 23.6 Å². The zero-order valence-corrected chi connectivity index (χ0v) is 10.0. The van der Waals surface area contributed by atoms with Gasteiger partial charge in [0.1, 0.15) is 17.1 Å². The van der Waals surface area contributed by atoms with Crippen LogP contribution in [-0.4, -0.2) is 42.6 Å². The van der Waals surface area contributed by atoms with Crippen LogP contribution in [0.15, 0.2) is 10.5 Å². The van der Waals surface area contributed by atoms with Crippen molar-refractivity contribution < 1.29 is 23.8 Å². The highest BCUT2D eigenvalue weighted by Crippen LogP contribution is 2.16. The fourth-order valence-corrected chi connectivity index (χ4v) is 1.49. The third kappa shape index (κ3) is 3.60. The number of rotatable bonds is 5. The standard InChI is InChI=1S/C11H15NO5/c1-7-9(11(15)16-3)4-8(17-7)5-12(2)6-10(13)14/h4H,5-6H2,1-3H3,(H,13,14). The largest absolute Gasteiger partial charge is 0.480 e. The molecule has 0 unspecified atom stereocenters. The van der Waals surface area contributed by atoms with Crippen LogP contribution < -0.4 is 0 Å². The molecule has 1 aromatic heterocycles. The van der Waals surface area contributed by atoms with Gasteiger partial charge in [-0.15, -0.1) is 0 Å². The average Bonchev–Trinajstić information content (AvgIpc) is 2.56. The summed E-state index contributed by atoms with van der Waals surface area (Å²) in [7, 11) is 2.95. The van der Waals surface area contributed by atoms with Crippen molar-refractivity contribution in [2.75, 3.05) is 20.7 Å². The lowest BCUT2D eigenvalue weighted by molar-refractivity contribution is -0.138. The first-order valence-corrected chi connectivity index (χ1v) is 5.02. The highest BCUT2D eigenvalue weighted by atomic mass is 16.5. The van der Waals surface area contributed by atoms with Gasteiger partial charge in [0.05, 0.1) is 20.2 Å². The average molecular weight is 241 g/mol. The number of nitrogens with zero attached hydrogens (tertiary/aromatic N) is 1. The van der Waals surface area contributed by atoms with Gasteiger partial charge in [-0.3, -0.25) is 9.69 Å². The summed E-state index contributed by atoms with van der Waals surface area (Å²) < 4.78 is 9.95. The van der Waals surface area contributed by atoms with Crippen molar-refractivity contribution in [3.8, 4) is 0 Å². The Labute approximate surface area is 98.8 Å². The zero-order chi connectivity index (χ0) is 13.0. The van der Waals surface area contributed by atoms with Crippen molar-refractivity contribution in [2.45, 2.75) is 13.5 Å². The summed E-state index contributed by atoms with van der Waals surface area (Å²) in [5, 5.41) is 8.60. The van der Waals surface area contributed by atoms with Crippen LogP contribution in [0.2, 0.25) is 0 Å². The van der Waals surface area contributed by atoms with E-state index >= 15 is 0 Å². The highest BCUT2D eigenvalue weighted by molar-refractivity contribution is 5.90. The summed E-state index contributed by atoms with van der Waals surface area (Å²) in [4.78, 5) is 23.4. The number of carboxylic acids is 1. The Morgan fingerprint density at radius 1 is 1.53 bits per heavy atom. The minimum Gasteiger partial charge on any atom is -0.480 e. The number of aryl methyl sites for hydroxylation is 1. The lowest BCUT2D eigenvalue weighted by Gasteiger charge is -2.11. The van der Waals surface area contributed by atoms with E-state index in [1.165, 1.54) is 7.11 Å². The Bertz CT molecular complexity index is 423. The van der Waals surface area contributed by atoms with E-state index in [4.69, 9.17) is 9.52 Å². The maximum absolute atomic E-state index is 11.3. The number of furan rings is 1. The molecule has 1 N–H and O–H groups in total. The van der Waals surface area contributed by atoms with Crippen LogP contribution in [0.25, 0.3) is 0 Å². The number of carbonyl (C=O) groups excluding carboxylic acids is 1. The lowest BCUT2D eigenvalue weighted by atomic mass is 10.2. The van der Waals surface area contributed by atoms with Crippen LogP contribution in [0.3, 0.4) is 0 Å². The van der Waals surface area contributed by atoms with Crippen LogP contribution in [0.1, 0.15) is 21.9 Å². The van der Waals surface area contributed by atoms with Crippen molar-refractivity contribution in [3.05, 3.63) is 23.2 Å². The molecule has 0 aliphatic heterocycles. The number of hydrogen-bond acceptors (Lipinski definition) is 5. The molecular weight excluding hydrogens is 226 g/mol. The first-order valence-electron chi connectivity index (χ1n) is 5.02.